The summed E-state index contributed by atoms with van der Waals surface area (Å²) in [6.45, 7) is 1.37. The topological polar surface area (TPSA) is 92.6 Å². The van der Waals surface area contributed by atoms with Gasteiger partial charge in [0.05, 0.1) is 4.90 Å². The highest BCUT2D eigenvalue weighted by atomic mass is 32.2. The van der Waals surface area contributed by atoms with Gasteiger partial charge in [0.25, 0.3) is 15.9 Å². The van der Waals surface area contributed by atoms with Crippen molar-refractivity contribution in [2.24, 2.45) is 4.99 Å². The van der Waals surface area contributed by atoms with Gasteiger partial charge in [0.1, 0.15) is 5.84 Å². The summed E-state index contributed by atoms with van der Waals surface area (Å²) in [6.07, 6.45) is 5.43. The smallest absolute Gasteiger partial charge is 0.262 e. The van der Waals surface area contributed by atoms with Gasteiger partial charge in [-0.3, -0.25) is 14.5 Å². The number of anilines is 1. The quantitative estimate of drug-likeness (QED) is 0.639. The predicted octanol–water partition coefficient (Wildman–Crippen LogP) is 3.26. The Hall–Kier alpha value is -3.39. The van der Waals surface area contributed by atoms with Crippen LogP contribution in [0, 0.1) is 0 Å². The van der Waals surface area contributed by atoms with Crippen molar-refractivity contribution in [2.45, 2.75) is 24.3 Å². The van der Waals surface area contributed by atoms with Gasteiger partial charge in [0, 0.05) is 43.2 Å². The molecule has 1 amide bonds. The third-order valence-electron chi connectivity index (χ3n) is 4.78. The number of carbonyl (C=O) groups excluding carboxylic acids is 1. The van der Waals surface area contributed by atoms with Gasteiger partial charge < -0.3 is 9.88 Å². The summed E-state index contributed by atoms with van der Waals surface area (Å²) in [5, 5.41) is 2.76. The second-order valence-corrected chi connectivity index (χ2v) is 8.75. The van der Waals surface area contributed by atoms with Gasteiger partial charge >= 0.3 is 0 Å². The maximum Gasteiger partial charge on any atom is 0.262 e. The van der Waals surface area contributed by atoms with E-state index in [2.05, 4.69) is 15.0 Å². The fourth-order valence-corrected chi connectivity index (χ4v) is 4.36. The van der Waals surface area contributed by atoms with Crippen LogP contribution in [0.15, 0.2) is 82.9 Å². The van der Waals surface area contributed by atoms with Crippen LogP contribution in [0.3, 0.4) is 0 Å². The number of nitrogens with one attached hydrogen (secondary N) is 2. The molecule has 8 heteroatoms. The van der Waals surface area contributed by atoms with Gasteiger partial charge in [-0.15, -0.1) is 0 Å². The molecular formula is C22H22N4O3S. The van der Waals surface area contributed by atoms with Crippen molar-refractivity contribution in [1.82, 2.24) is 9.29 Å². The van der Waals surface area contributed by atoms with Crippen LogP contribution in [0.25, 0.3) is 0 Å². The van der Waals surface area contributed by atoms with Crippen molar-refractivity contribution >= 4 is 27.5 Å². The van der Waals surface area contributed by atoms with Gasteiger partial charge in [-0.25, -0.2) is 8.42 Å². The number of carbonyl (C=O) groups is 1. The lowest BCUT2D eigenvalue weighted by Crippen LogP contribution is -2.29. The molecule has 1 aromatic heterocycles. The first kappa shape index (κ1) is 19.9. The Labute approximate surface area is 175 Å². The number of aliphatic imine (C=N–C) groups is 1. The summed E-state index contributed by atoms with van der Waals surface area (Å²) < 4.78 is 29.7. The lowest BCUT2D eigenvalue weighted by molar-refractivity contribution is 0.102. The minimum absolute atomic E-state index is 0.0805. The number of amides is 1. The van der Waals surface area contributed by atoms with Crippen LogP contribution in [0.1, 0.15) is 28.8 Å². The van der Waals surface area contributed by atoms with E-state index >= 15 is 0 Å². The molecule has 1 aliphatic rings. The minimum atomic E-state index is -3.73. The van der Waals surface area contributed by atoms with Crippen molar-refractivity contribution in [1.29, 1.82) is 0 Å². The lowest BCUT2D eigenvalue weighted by atomic mass is 10.1. The summed E-state index contributed by atoms with van der Waals surface area (Å²) in [6, 6.07) is 17.4. The highest BCUT2D eigenvalue weighted by Crippen LogP contribution is 2.18. The molecule has 154 valence electrons. The summed E-state index contributed by atoms with van der Waals surface area (Å²) in [5.74, 6) is 0.176. The maximum absolute atomic E-state index is 12.6. The first-order valence-corrected chi connectivity index (χ1v) is 11.2. The summed E-state index contributed by atoms with van der Waals surface area (Å²) in [5.41, 5.74) is 1.99. The molecule has 3 aromatic rings. The van der Waals surface area contributed by atoms with E-state index in [1.165, 1.54) is 12.1 Å². The highest BCUT2D eigenvalue weighted by molar-refractivity contribution is 7.90. The van der Waals surface area contributed by atoms with Crippen molar-refractivity contribution < 1.29 is 13.2 Å². The molecule has 30 heavy (non-hydrogen) atoms. The van der Waals surface area contributed by atoms with Gasteiger partial charge in [-0.05, 0) is 54.4 Å². The van der Waals surface area contributed by atoms with Crippen molar-refractivity contribution in [3.05, 3.63) is 84.2 Å². The number of hydrogen-bond acceptors (Lipinski definition) is 4. The normalized spacial score (nSPS) is 13.7. The number of nitrogens with zero attached hydrogens (tertiary/aromatic N) is 2. The first-order chi connectivity index (χ1) is 14.5. The van der Waals surface area contributed by atoms with E-state index in [9.17, 15) is 13.2 Å². The van der Waals surface area contributed by atoms with Gasteiger partial charge in [-0.1, -0.05) is 18.2 Å². The van der Waals surface area contributed by atoms with Crippen molar-refractivity contribution in [3.8, 4) is 0 Å². The summed E-state index contributed by atoms with van der Waals surface area (Å²) in [4.78, 5) is 16.8. The van der Waals surface area contributed by atoms with E-state index in [0.29, 0.717) is 30.1 Å². The average Bonchev–Trinajstić information content (AvgIpc) is 3.43. The number of amidine groups is 1. The third-order valence-corrected chi connectivity index (χ3v) is 6.16. The fraction of sp³-hybridized carbons (Fsp3) is 0.182. The number of aromatic nitrogens is 1. The van der Waals surface area contributed by atoms with Crippen LogP contribution in [0.5, 0.6) is 0 Å². The van der Waals surface area contributed by atoms with Crippen LogP contribution >= 0.6 is 0 Å². The molecule has 1 aliphatic heterocycles. The summed E-state index contributed by atoms with van der Waals surface area (Å²) >= 11 is 0. The molecule has 0 aliphatic carbocycles. The number of sulfonamides is 1. The zero-order chi connectivity index (χ0) is 21.0. The third kappa shape index (κ3) is 4.77. The van der Waals surface area contributed by atoms with Gasteiger partial charge in [-0.2, -0.15) is 0 Å². The van der Waals surface area contributed by atoms with E-state index in [1.807, 2.05) is 41.2 Å². The molecule has 0 fully saturated rings. The van der Waals surface area contributed by atoms with Crippen LogP contribution in [0.4, 0.5) is 5.69 Å². The maximum atomic E-state index is 12.6. The molecule has 7 nitrogen and oxygen atoms in total. The molecule has 0 spiro atoms. The molecule has 0 radical (unpaired) electrons. The molecule has 0 bridgehead atoms. The predicted molar refractivity (Wildman–Crippen MR) is 116 cm³/mol. The Bertz CT molecular complexity index is 1170. The minimum Gasteiger partial charge on any atom is -0.350 e. The number of hydrogen-bond donors (Lipinski definition) is 2. The Morgan fingerprint density at radius 3 is 2.50 bits per heavy atom. The van der Waals surface area contributed by atoms with E-state index in [1.54, 1.807) is 24.3 Å². The van der Waals surface area contributed by atoms with Crippen molar-refractivity contribution in [2.75, 3.05) is 11.9 Å². The largest absolute Gasteiger partial charge is 0.350 e. The lowest BCUT2D eigenvalue weighted by Gasteiger charge is -2.10. The monoisotopic (exact) mass is 422 g/mol. The molecule has 0 atom stereocenters. The van der Waals surface area contributed by atoms with Crippen LogP contribution in [-0.4, -0.2) is 31.3 Å². The summed E-state index contributed by atoms with van der Waals surface area (Å²) in [7, 11) is -3.73. The molecule has 2 aromatic carbocycles. The SMILES string of the molecule is O=C(Nc1cccc(S(=O)(=O)NC2=NCCC2)c1)c1ccc(Cn2cccc2)cc1. The second-order valence-electron chi connectivity index (χ2n) is 7.07. The van der Waals surface area contributed by atoms with Crippen LogP contribution in [0.2, 0.25) is 0 Å². The zero-order valence-corrected chi connectivity index (χ0v) is 17.1. The fourth-order valence-electron chi connectivity index (χ4n) is 3.23. The van der Waals surface area contributed by atoms with E-state index < -0.39 is 10.0 Å². The number of rotatable bonds is 6. The molecule has 4 rings (SSSR count). The highest BCUT2D eigenvalue weighted by Gasteiger charge is 2.19. The van der Waals surface area contributed by atoms with Gasteiger partial charge in [0.2, 0.25) is 0 Å². The molecule has 0 unspecified atom stereocenters. The standard InChI is InChI=1S/C22H22N4O3S/c27-22(18-10-8-17(9-11-18)16-26-13-1-2-14-26)24-19-5-3-6-20(15-19)30(28,29)25-21-7-4-12-23-21/h1-3,5-6,8-11,13-15H,4,7,12,16H2,(H,23,25)(H,24,27). The zero-order valence-electron chi connectivity index (χ0n) is 16.3. The second kappa shape index (κ2) is 8.54. The molecular weight excluding hydrogens is 400 g/mol. The first-order valence-electron chi connectivity index (χ1n) is 9.67. The average molecular weight is 423 g/mol. The Kier molecular flexibility index (Phi) is 5.67. The molecule has 0 saturated heterocycles. The van der Waals surface area contributed by atoms with E-state index in [-0.39, 0.29) is 10.8 Å². The molecule has 0 saturated carbocycles. The van der Waals surface area contributed by atoms with Crippen molar-refractivity contribution in [3.63, 3.8) is 0 Å². The van der Waals surface area contributed by atoms with E-state index in [4.69, 9.17) is 0 Å². The molecule has 2 N–H and O–H groups in total. The Morgan fingerprint density at radius 1 is 1.03 bits per heavy atom. The van der Waals surface area contributed by atoms with Gasteiger partial charge in [0.15, 0.2) is 0 Å². The van der Waals surface area contributed by atoms with E-state index in [0.717, 1.165) is 18.5 Å². The Morgan fingerprint density at radius 2 is 1.80 bits per heavy atom. The molecule has 2 heterocycles. The Balaban J connectivity index is 1.43. The van der Waals surface area contributed by atoms with Crippen LogP contribution < -0.4 is 10.0 Å². The van der Waals surface area contributed by atoms with Crippen LogP contribution in [-0.2, 0) is 16.6 Å². The number of benzene rings is 2.